The van der Waals surface area contributed by atoms with E-state index in [1.54, 1.807) is 12.1 Å². The van der Waals surface area contributed by atoms with Gasteiger partial charge in [-0.25, -0.2) is 0 Å². The van der Waals surface area contributed by atoms with E-state index in [0.29, 0.717) is 12.0 Å². The summed E-state index contributed by atoms with van der Waals surface area (Å²) in [5, 5.41) is 3.35. The molecule has 1 aromatic carbocycles. The summed E-state index contributed by atoms with van der Waals surface area (Å²) >= 11 is 0. The van der Waals surface area contributed by atoms with E-state index in [1.165, 1.54) is 37.8 Å². The van der Waals surface area contributed by atoms with Crippen molar-refractivity contribution in [3.63, 3.8) is 0 Å². The van der Waals surface area contributed by atoms with Gasteiger partial charge in [0.15, 0.2) is 0 Å². The quantitative estimate of drug-likeness (QED) is 0.837. The molecule has 0 heterocycles. The minimum absolute atomic E-state index is 0.153. The van der Waals surface area contributed by atoms with Crippen LogP contribution in [-0.2, 0) is 6.42 Å². The van der Waals surface area contributed by atoms with Gasteiger partial charge in [0.2, 0.25) is 0 Å². The maximum absolute atomic E-state index is 12.1. The van der Waals surface area contributed by atoms with Crippen molar-refractivity contribution in [1.82, 2.24) is 5.32 Å². The van der Waals surface area contributed by atoms with Crippen LogP contribution in [0, 0.1) is 5.92 Å². The van der Waals surface area contributed by atoms with Crippen LogP contribution in [0.4, 0.5) is 13.2 Å². The zero-order valence-corrected chi connectivity index (χ0v) is 12.2. The van der Waals surface area contributed by atoms with Gasteiger partial charge in [0, 0.05) is 6.04 Å². The van der Waals surface area contributed by atoms with E-state index in [2.05, 4.69) is 10.1 Å². The molecule has 0 radical (unpaired) electrons. The smallest absolute Gasteiger partial charge is 0.406 e. The first-order valence-electron chi connectivity index (χ1n) is 7.48. The van der Waals surface area contributed by atoms with Crippen LogP contribution in [0.1, 0.15) is 37.7 Å². The number of ether oxygens (including phenoxy) is 1. The molecule has 21 heavy (non-hydrogen) atoms. The lowest BCUT2D eigenvalue weighted by Crippen LogP contribution is -2.26. The van der Waals surface area contributed by atoms with Crippen LogP contribution in [0.3, 0.4) is 0 Å². The summed E-state index contributed by atoms with van der Waals surface area (Å²) in [6.07, 6.45) is 2.33. The van der Waals surface area contributed by atoms with E-state index in [4.69, 9.17) is 0 Å². The Labute approximate surface area is 123 Å². The minimum Gasteiger partial charge on any atom is -0.406 e. The van der Waals surface area contributed by atoms with E-state index >= 15 is 0 Å². The van der Waals surface area contributed by atoms with Crippen LogP contribution >= 0.6 is 0 Å². The molecule has 5 heteroatoms. The monoisotopic (exact) mass is 301 g/mol. The second-order valence-corrected chi connectivity index (χ2v) is 5.77. The fourth-order valence-electron chi connectivity index (χ4n) is 3.07. The molecule has 1 fully saturated rings. The molecular weight excluding hydrogens is 279 g/mol. The fraction of sp³-hybridized carbons (Fsp3) is 0.625. The third kappa shape index (κ3) is 5.58. The zero-order chi connectivity index (χ0) is 15.3. The third-order valence-electron chi connectivity index (χ3n) is 4.12. The Morgan fingerprint density at radius 3 is 2.43 bits per heavy atom. The first kappa shape index (κ1) is 16.1. The highest BCUT2D eigenvalue weighted by Crippen LogP contribution is 2.28. The van der Waals surface area contributed by atoms with E-state index in [9.17, 15) is 13.2 Å². The molecule has 2 nitrogen and oxygen atoms in total. The van der Waals surface area contributed by atoms with Crippen LogP contribution in [0.15, 0.2) is 24.3 Å². The van der Waals surface area contributed by atoms with Crippen molar-refractivity contribution in [3.05, 3.63) is 29.8 Å². The average molecular weight is 301 g/mol. The molecule has 1 aliphatic carbocycles. The highest BCUT2D eigenvalue weighted by Gasteiger charge is 2.31. The molecule has 0 saturated heterocycles. The van der Waals surface area contributed by atoms with Gasteiger partial charge in [0.1, 0.15) is 5.75 Å². The van der Waals surface area contributed by atoms with Gasteiger partial charge in [0.05, 0.1) is 0 Å². The number of rotatable bonds is 4. The van der Waals surface area contributed by atoms with E-state index in [1.807, 2.05) is 7.05 Å². The number of hydrogen-bond acceptors (Lipinski definition) is 2. The molecule has 0 spiro atoms. The second-order valence-electron chi connectivity index (χ2n) is 5.77. The van der Waals surface area contributed by atoms with E-state index in [0.717, 1.165) is 18.4 Å². The lowest BCUT2D eigenvalue weighted by atomic mass is 9.91. The van der Waals surface area contributed by atoms with Crippen LogP contribution < -0.4 is 10.1 Å². The number of benzene rings is 1. The molecule has 0 bridgehead atoms. The van der Waals surface area contributed by atoms with Gasteiger partial charge < -0.3 is 10.1 Å². The van der Waals surface area contributed by atoms with Crippen molar-refractivity contribution >= 4 is 0 Å². The van der Waals surface area contributed by atoms with Crippen molar-refractivity contribution in [1.29, 1.82) is 0 Å². The van der Waals surface area contributed by atoms with Crippen LogP contribution in [0.2, 0.25) is 0 Å². The first-order chi connectivity index (χ1) is 9.96. The lowest BCUT2D eigenvalue weighted by molar-refractivity contribution is -0.274. The summed E-state index contributed by atoms with van der Waals surface area (Å²) in [6, 6.07) is 6.83. The molecule has 2 rings (SSSR count). The summed E-state index contributed by atoms with van der Waals surface area (Å²) in [4.78, 5) is 0. The number of nitrogens with one attached hydrogen (secondary N) is 1. The molecule has 0 amide bonds. The number of alkyl halides is 3. The fourth-order valence-corrected chi connectivity index (χ4v) is 3.07. The predicted octanol–water partition coefficient (Wildman–Crippen LogP) is 4.30. The molecule has 2 unspecified atom stereocenters. The van der Waals surface area contributed by atoms with Gasteiger partial charge >= 0.3 is 6.36 Å². The molecule has 2 atom stereocenters. The van der Waals surface area contributed by atoms with E-state index < -0.39 is 6.36 Å². The number of halogens is 3. The van der Waals surface area contributed by atoms with Crippen molar-refractivity contribution in [2.45, 2.75) is 50.9 Å². The van der Waals surface area contributed by atoms with Crippen LogP contribution in [0.5, 0.6) is 5.75 Å². The first-order valence-corrected chi connectivity index (χ1v) is 7.48. The Hall–Kier alpha value is -1.23. The molecule has 1 aromatic rings. The van der Waals surface area contributed by atoms with Crippen molar-refractivity contribution in [3.8, 4) is 5.75 Å². The molecule has 1 aliphatic rings. The van der Waals surface area contributed by atoms with Crippen LogP contribution in [-0.4, -0.2) is 19.5 Å². The molecular formula is C16H22F3NO. The van der Waals surface area contributed by atoms with Gasteiger partial charge in [-0.2, -0.15) is 0 Å². The van der Waals surface area contributed by atoms with Gasteiger partial charge in [-0.15, -0.1) is 13.2 Å². The average Bonchev–Trinajstić information content (AvgIpc) is 2.64. The molecule has 0 aliphatic heterocycles. The highest BCUT2D eigenvalue weighted by atomic mass is 19.4. The number of hydrogen-bond donors (Lipinski definition) is 1. The van der Waals surface area contributed by atoms with Crippen molar-refractivity contribution in [2.24, 2.45) is 5.92 Å². The largest absolute Gasteiger partial charge is 0.573 e. The summed E-state index contributed by atoms with van der Waals surface area (Å²) in [7, 11) is 2.00. The minimum atomic E-state index is -4.62. The Morgan fingerprint density at radius 1 is 1.14 bits per heavy atom. The second kappa shape index (κ2) is 7.16. The Bertz CT molecular complexity index is 430. The maximum atomic E-state index is 12.1. The summed E-state index contributed by atoms with van der Waals surface area (Å²) in [6.45, 7) is 0. The van der Waals surface area contributed by atoms with Gasteiger partial charge in [0.25, 0.3) is 0 Å². The zero-order valence-electron chi connectivity index (χ0n) is 12.2. The SMILES string of the molecule is CNC1CCCCC(Cc2ccc(OC(F)(F)F)cc2)C1. The summed E-state index contributed by atoms with van der Waals surface area (Å²) in [5.41, 5.74) is 1.08. The van der Waals surface area contributed by atoms with E-state index in [-0.39, 0.29) is 5.75 Å². The van der Waals surface area contributed by atoms with Gasteiger partial charge in [-0.3, -0.25) is 0 Å². The molecule has 0 aromatic heterocycles. The Kier molecular flexibility index (Phi) is 5.51. The van der Waals surface area contributed by atoms with Crippen molar-refractivity contribution in [2.75, 3.05) is 7.05 Å². The molecule has 1 N–H and O–H groups in total. The highest BCUT2D eigenvalue weighted by molar-refractivity contribution is 5.27. The topological polar surface area (TPSA) is 21.3 Å². The van der Waals surface area contributed by atoms with Gasteiger partial charge in [-0.05, 0) is 49.9 Å². The Morgan fingerprint density at radius 2 is 1.81 bits per heavy atom. The maximum Gasteiger partial charge on any atom is 0.573 e. The predicted molar refractivity (Wildman–Crippen MR) is 76.3 cm³/mol. The van der Waals surface area contributed by atoms with Crippen molar-refractivity contribution < 1.29 is 17.9 Å². The molecule has 1 saturated carbocycles. The summed E-state index contributed by atoms with van der Waals surface area (Å²) < 4.78 is 40.2. The van der Waals surface area contributed by atoms with Gasteiger partial charge in [-0.1, -0.05) is 31.4 Å². The van der Waals surface area contributed by atoms with Crippen LogP contribution in [0.25, 0.3) is 0 Å². The third-order valence-corrected chi connectivity index (χ3v) is 4.12. The summed E-state index contributed by atoms with van der Waals surface area (Å²) in [5.74, 6) is 0.444. The normalized spacial score (nSPS) is 23.6. The standard InChI is InChI=1S/C16H22F3NO/c1-20-14-5-3-2-4-13(11-14)10-12-6-8-15(9-7-12)21-16(17,18)19/h6-9,13-14,20H,2-5,10-11H2,1H3. The Balaban J connectivity index is 1.93. The molecule has 118 valence electrons. The lowest BCUT2D eigenvalue weighted by Gasteiger charge is -2.19.